The van der Waals surface area contributed by atoms with Gasteiger partial charge < -0.3 is 10.1 Å². The molecule has 2 aromatic heterocycles. The van der Waals surface area contributed by atoms with Gasteiger partial charge in [0.25, 0.3) is 5.56 Å². The third kappa shape index (κ3) is 4.31. The Labute approximate surface area is 183 Å². The van der Waals surface area contributed by atoms with Crippen LogP contribution in [0.15, 0.2) is 34.2 Å². The Morgan fingerprint density at radius 3 is 2.87 bits per heavy atom. The van der Waals surface area contributed by atoms with Gasteiger partial charge in [0, 0.05) is 25.1 Å². The van der Waals surface area contributed by atoms with Gasteiger partial charge in [-0.25, -0.2) is 4.98 Å². The molecule has 0 aliphatic heterocycles. The fourth-order valence-electron chi connectivity index (χ4n) is 3.67. The Bertz CT molecular complexity index is 1120. The second kappa shape index (κ2) is 9.32. The van der Waals surface area contributed by atoms with Crippen LogP contribution in [0.25, 0.3) is 15.9 Å². The molecule has 0 atom stereocenters. The first-order chi connectivity index (χ1) is 14.6. The molecular weight excluding hydrogens is 418 g/mol. The number of benzene rings is 1. The zero-order chi connectivity index (χ0) is 21.1. The number of nitrogens with zero attached hydrogens (tertiary/aromatic N) is 2. The van der Waals surface area contributed by atoms with Crippen LogP contribution in [0.3, 0.4) is 0 Å². The van der Waals surface area contributed by atoms with E-state index in [1.54, 1.807) is 23.0 Å². The van der Waals surface area contributed by atoms with E-state index in [4.69, 9.17) is 9.72 Å². The van der Waals surface area contributed by atoms with Crippen LogP contribution in [-0.4, -0.2) is 41.5 Å². The Kier molecular flexibility index (Phi) is 6.55. The molecular formula is C22H25N3O3S2. The number of hydrogen-bond donors (Lipinski definition) is 1. The number of aryl methyl sites for hydroxylation is 3. The highest BCUT2D eigenvalue weighted by atomic mass is 32.2. The summed E-state index contributed by atoms with van der Waals surface area (Å²) < 4.78 is 6.66. The van der Waals surface area contributed by atoms with Gasteiger partial charge in [0.2, 0.25) is 5.91 Å². The maximum atomic E-state index is 13.5. The van der Waals surface area contributed by atoms with Crippen molar-refractivity contribution in [2.24, 2.45) is 0 Å². The van der Waals surface area contributed by atoms with Crippen LogP contribution in [0, 0.1) is 6.92 Å². The number of carbonyl (C=O) groups is 1. The second-order valence-electron chi connectivity index (χ2n) is 7.39. The van der Waals surface area contributed by atoms with Crippen LogP contribution in [-0.2, 0) is 22.4 Å². The van der Waals surface area contributed by atoms with Gasteiger partial charge in [-0.2, -0.15) is 0 Å². The normalized spacial score (nSPS) is 13.0. The van der Waals surface area contributed by atoms with Crippen molar-refractivity contribution in [2.75, 3.05) is 26.0 Å². The molecule has 1 aliphatic rings. The van der Waals surface area contributed by atoms with Crippen LogP contribution >= 0.6 is 23.1 Å². The molecule has 1 amide bonds. The molecule has 0 saturated heterocycles. The van der Waals surface area contributed by atoms with E-state index in [0.29, 0.717) is 18.3 Å². The number of carbonyl (C=O) groups excluding carboxylic acids is 1. The lowest BCUT2D eigenvalue weighted by molar-refractivity contribution is -0.118. The number of thioether (sulfide) groups is 1. The Morgan fingerprint density at radius 2 is 2.10 bits per heavy atom. The smallest absolute Gasteiger partial charge is 0.267 e. The van der Waals surface area contributed by atoms with Crippen molar-refractivity contribution in [1.29, 1.82) is 0 Å². The molecule has 2 heterocycles. The first-order valence-corrected chi connectivity index (χ1v) is 11.9. The minimum atomic E-state index is -0.0745. The molecule has 0 saturated carbocycles. The van der Waals surface area contributed by atoms with Crippen molar-refractivity contribution in [3.63, 3.8) is 0 Å². The highest BCUT2D eigenvalue weighted by Crippen LogP contribution is 2.36. The predicted octanol–water partition coefficient (Wildman–Crippen LogP) is 3.49. The lowest BCUT2D eigenvalue weighted by atomic mass is 10.2. The number of rotatable bonds is 8. The first-order valence-electron chi connectivity index (χ1n) is 10.1. The number of thiophene rings is 1. The number of hydrogen-bond acceptors (Lipinski definition) is 6. The molecule has 4 rings (SSSR count). The van der Waals surface area contributed by atoms with Gasteiger partial charge >= 0.3 is 0 Å². The standard InChI is InChI=1S/C22H25N3O3S2/c1-14-7-9-15(10-8-14)25-21(27)19-16-5-3-6-17(16)30-20(19)24-22(25)29-13-18(26)23-11-4-12-28-2/h7-10H,3-6,11-13H2,1-2H3,(H,23,26). The van der Waals surface area contributed by atoms with Gasteiger partial charge in [0.15, 0.2) is 5.16 Å². The van der Waals surface area contributed by atoms with E-state index in [1.165, 1.54) is 22.2 Å². The highest BCUT2D eigenvalue weighted by Gasteiger charge is 2.24. The van der Waals surface area contributed by atoms with Crippen molar-refractivity contribution in [3.05, 3.63) is 50.6 Å². The number of methoxy groups -OCH3 is 1. The molecule has 0 fully saturated rings. The maximum absolute atomic E-state index is 13.5. The quantitative estimate of drug-likeness (QED) is 0.328. The fourth-order valence-corrected chi connectivity index (χ4v) is 5.81. The van der Waals surface area contributed by atoms with Crippen LogP contribution in [0.5, 0.6) is 0 Å². The average Bonchev–Trinajstić information content (AvgIpc) is 3.31. The number of aromatic nitrogens is 2. The van der Waals surface area contributed by atoms with Crippen molar-refractivity contribution in [1.82, 2.24) is 14.9 Å². The van der Waals surface area contributed by atoms with Gasteiger partial charge in [-0.1, -0.05) is 29.5 Å². The summed E-state index contributed by atoms with van der Waals surface area (Å²) in [6, 6.07) is 7.85. The second-order valence-corrected chi connectivity index (χ2v) is 9.42. The van der Waals surface area contributed by atoms with Crippen LogP contribution in [0.2, 0.25) is 0 Å². The fraction of sp³-hybridized carbons (Fsp3) is 0.409. The van der Waals surface area contributed by atoms with Crippen molar-refractivity contribution < 1.29 is 9.53 Å². The van der Waals surface area contributed by atoms with E-state index in [2.05, 4.69) is 5.32 Å². The van der Waals surface area contributed by atoms with Crippen LogP contribution in [0.1, 0.15) is 28.8 Å². The number of fused-ring (bicyclic) bond motifs is 3. The number of amides is 1. The highest BCUT2D eigenvalue weighted by molar-refractivity contribution is 7.99. The Balaban J connectivity index is 1.67. The van der Waals surface area contributed by atoms with E-state index >= 15 is 0 Å². The molecule has 0 spiro atoms. The van der Waals surface area contributed by atoms with E-state index in [-0.39, 0.29) is 17.2 Å². The molecule has 0 radical (unpaired) electrons. The summed E-state index contributed by atoms with van der Waals surface area (Å²) in [6.07, 6.45) is 3.83. The van der Waals surface area contributed by atoms with Crippen LogP contribution < -0.4 is 10.9 Å². The van der Waals surface area contributed by atoms with E-state index in [0.717, 1.165) is 47.2 Å². The van der Waals surface area contributed by atoms with E-state index < -0.39 is 0 Å². The average molecular weight is 444 g/mol. The summed E-state index contributed by atoms with van der Waals surface area (Å²) in [6.45, 7) is 3.20. The van der Waals surface area contributed by atoms with Gasteiger partial charge in [-0.05, 0) is 50.3 Å². The summed E-state index contributed by atoms with van der Waals surface area (Å²) in [5, 5.41) is 4.20. The van der Waals surface area contributed by atoms with Crippen molar-refractivity contribution in [2.45, 2.75) is 37.8 Å². The SMILES string of the molecule is COCCCNC(=O)CSc1nc2sc3c(c2c(=O)n1-c1ccc(C)cc1)CCC3. The monoisotopic (exact) mass is 443 g/mol. The third-order valence-corrected chi connectivity index (χ3v) is 7.30. The number of nitrogens with one attached hydrogen (secondary N) is 1. The van der Waals surface area contributed by atoms with Crippen molar-refractivity contribution in [3.8, 4) is 5.69 Å². The first kappa shape index (κ1) is 21.1. The summed E-state index contributed by atoms with van der Waals surface area (Å²) in [5.74, 6) is 0.136. The summed E-state index contributed by atoms with van der Waals surface area (Å²) in [5.41, 5.74) is 3.04. The Morgan fingerprint density at radius 1 is 1.30 bits per heavy atom. The summed E-state index contributed by atoms with van der Waals surface area (Å²) >= 11 is 2.93. The van der Waals surface area contributed by atoms with Gasteiger partial charge in [0.05, 0.1) is 16.8 Å². The van der Waals surface area contributed by atoms with Crippen molar-refractivity contribution >= 4 is 39.2 Å². The largest absolute Gasteiger partial charge is 0.385 e. The summed E-state index contributed by atoms with van der Waals surface area (Å²) in [4.78, 5) is 32.7. The van der Waals surface area contributed by atoms with Gasteiger partial charge in [-0.3, -0.25) is 14.2 Å². The van der Waals surface area contributed by atoms with Gasteiger partial charge in [0.1, 0.15) is 4.83 Å². The third-order valence-electron chi connectivity index (χ3n) is 5.18. The van der Waals surface area contributed by atoms with Gasteiger partial charge in [-0.15, -0.1) is 11.3 Å². The zero-order valence-electron chi connectivity index (χ0n) is 17.2. The molecule has 8 heteroatoms. The molecule has 6 nitrogen and oxygen atoms in total. The maximum Gasteiger partial charge on any atom is 0.267 e. The molecule has 1 aliphatic carbocycles. The zero-order valence-corrected chi connectivity index (χ0v) is 18.8. The number of ether oxygens (including phenoxy) is 1. The molecule has 3 aromatic rings. The molecule has 158 valence electrons. The van der Waals surface area contributed by atoms with E-state index in [1.807, 2.05) is 31.2 Å². The topological polar surface area (TPSA) is 73.2 Å². The molecule has 1 N–H and O–H groups in total. The molecule has 30 heavy (non-hydrogen) atoms. The molecule has 0 unspecified atom stereocenters. The lowest BCUT2D eigenvalue weighted by Gasteiger charge is -2.13. The molecule has 0 bridgehead atoms. The van der Waals surface area contributed by atoms with E-state index in [9.17, 15) is 9.59 Å². The van der Waals surface area contributed by atoms with Crippen LogP contribution in [0.4, 0.5) is 0 Å². The lowest BCUT2D eigenvalue weighted by Crippen LogP contribution is -2.28. The summed E-state index contributed by atoms with van der Waals surface area (Å²) in [7, 11) is 1.64. The Hall–Kier alpha value is -2.16. The predicted molar refractivity (Wildman–Crippen MR) is 122 cm³/mol. The minimum absolute atomic E-state index is 0.0359. The molecule has 1 aromatic carbocycles. The minimum Gasteiger partial charge on any atom is -0.385 e.